The van der Waals surface area contributed by atoms with Gasteiger partial charge >= 0.3 is 11.9 Å². The molecule has 0 heterocycles. The average molecular weight is 484 g/mol. The summed E-state index contributed by atoms with van der Waals surface area (Å²) in [5.41, 5.74) is 6.71. The summed E-state index contributed by atoms with van der Waals surface area (Å²) >= 11 is 0. The van der Waals surface area contributed by atoms with Crippen LogP contribution in [0.2, 0.25) is 18.6 Å². The summed E-state index contributed by atoms with van der Waals surface area (Å²) in [5.74, 6) is -1.47. The smallest absolute Gasteiger partial charge is 0.337 e. The molecule has 1 atom stereocenters. The van der Waals surface area contributed by atoms with Crippen LogP contribution in [0.25, 0.3) is 0 Å². The standard InChI is InChI=1S/C28H41NO4Si/c1-5-32-26(30)28(29,27(31)33-6-2)21-20-24-18-16-23(17-19-24)13-11-12-22-34(4,7-3)25-14-9-8-10-15-25/h8-10,14-19H,5-7,11-13,20-22,29H2,1-4H3. The molecule has 0 aromatic heterocycles. The Labute approximate surface area is 206 Å². The molecule has 0 radical (unpaired) electrons. The Balaban J connectivity index is 1.88. The Kier molecular flexibility index (Phi) is 11.0. The van der Waals surface area contributed by atoms with Crippen molar-refractivity contribution in [3.05, 3.63) is 65.7 Å². The van der Waals surface area contributed by atoms with Crippen molar-refractivity contribution in [2.24, 2.45) is 5.73 Å². The number of esters is 2. The molecule has 186 valence electrons. The lowest BCUT2D eigenvalue weighted by molar-refractivity contribution is -0.164. The second-order valence-electron chi connectivity index (χ2n) is 9.22. The highest BCUT2D eigenvalue weighted by Crippen LogP contribution is 2.21. The molecule has 0 saturated carbocycles. The summed E-state index contributed by atoms with van der Waals surface area (Å²) in [5, 5.41) is 1.56. The van der Waals surface area contributed by atoms with Crippen molar-refractivity contribution in [2.75, 3.05) is 13.2 Å². The molecule has 2 aromatic carbocycles. The van der Waals surface area contributed by atoms with Crippen molar-refractivity contribution in [1.82, 2.24) is 0 Å². The zero-order valence-corrected chi connectivity index (χ0v) is 22.3. The number of hydrogen-bond acceptors (Lipinski definition) is 5. The third-order valence-electron chi connectivity index (χ3n) is 6.81. The van der Waals surface area contributed by atoms with Gasteiger partial charge in [-0.2, -0.15) is 0 Å². The Morgan fingerprint density at radius 2 is 1.35 bits per heavy atom. The predicted octanol–water partition coefficient (Wildman–Crippen LogP) is 4.77. The number of benzene rings is 2. The predicted molar refractivity (Wildman–Crippen MR) is 141 cm³/mol. The normalized spacial score (nSPS) is 13.2. The Morgan fingerprint density at radius 3 is 1.85 bits per heavy atom. The van der Waals surface area contributed by atoms with Crippen LogP contribution in [0.4, 0.5) is 0 Å². The number of carbonyl (C=O) groups is 2. The lowest BCUT2D eigenvalue weighted by Crippen LogP contribution is -2.57. The highest BCUT2D eigenvalue weighted by Gasteiger charge is 2.44. The first-order chi connectivity index (χ1) is 16.3. The van der Waals surface area contributed by atoms with E-state index in [-0.39, 0.29) is 19.6 Å². The molecule has 1 unspecified atom stereocenters. The van der Waals surface area contributed by atoms with Gasteiger partial charge in [-0.05, 0) is 50.7 Å². The van der Waals surface area contributed by atoms with Crippen LogP contribution in [0.3, 0.4) is 0 Å². The summed E-state index contributed by atoms with van der Waals surface area (Å²) in [6, 6.07) is 22.0. The van der Waals surface area contributed by atoms with Crippen molar-refractivity contribution < 1.29 is 19.1 Å². The number of unbranched alkanes of at least 4 members (excludes halogenated alkanes) is 1. The maximum Gasteiger partial charge on any atom is 0.337 e. The molecule has 2 aromatic rings. The Bertz CT molecular complexity index is 882. The number of nitrogens with two attached hydrogens (primary N) is 1. The molecule has 0 aliphatic rings. The van der Waals surface area contributed by atoms with E-state index < -0.39 is 25.6 Å². The van der Waals surface area contributed by atoms with E-state index in [2.05, 4.69) is 68.1 Å². The highest BCUT2D eigenvalue weighted by atomic mass is 28.3. The van der Waals surface area contributed by atoms with Gasteiger partial charge in [0.2, 0.25) is 5.54 Å². The summed E-state index contributed by atoms with van der Waals surface area (Å²) in [7, 11) is -1.39. The van der Waals surface area contributed by atoms with Crippen LogP contribution in [0.5, 0.6) is 0 Å². The van der Waals surface area contributed by atoms with Crippen molar-refractivity contribution in [2.45, 2.75) is 77.0 Å². The first-order valence-electron chi connectivity index (χ1n) is 12.6. The molecule has 2 N–H and O–H groups in total. The number of aryl methyl sites for hydroxylation is 2. The van der Waals surface area contributed by atoms with Gasteiger partial charge in [-0.1, -0.05) is 91.8 Å². The maximum absolute atomic E-state index is 12.3. The SMILES string of the molecule is CCOC(=O)C(N)(CCc1ccc(CCCC[Si](C)(CC)c2ccccc2)cc1)C(=O)OCC. The molecule has 0 bridgehead atoms. The van der Waals surface area contributed by atoms with Crippen molar-refractivity contribution in [3.63, 3.8) is 0 Å². The summed E-state index contributed by atoms with van der Waals surface area (Å²) in [6.45, 7) is 8.54. The van der Waals surface area contributed by atoms with Crippen LogP contribution >= 0.6 is 0 Å². The van der Waals surface area contributed by atoms with Crippen molar-refractivity contribution in [1.29, 1.82) is 0 Å². The van der Waals surface area contributed by atoms with E-state index >= 15 is 0 Å². The lowest BCUT2D eigenvalue weighted by atomic mass is 9.91. The molecule has 0 aliphatic carbocycles. The monoisotopic (exact) mass is 483 g/mol. The van der Waals surface area contributed by atoms with Crippen LogP contribution < -0.4 is 10.9 Å². The van der Waals surface area contributed by atoms with Crippen LogP contribution in [-0.4, -0.2) is 38.8 Å². The summed E-state index contributed by atoms with van der Waals surface area (Å²) in [6.07, 6.45) is 4.10. The third-order valence-corrected chi connectivity index (χ3v) is 11.6. The molecule has 34 heavy (non-hydrogen) atoms. The minimum atomic E-state index is -1.78. The largest absolute Gasteiger partial charge is 0.464 e. The highest BCUT2D eigenvalue weighted by molar-refractivity contribution is 6.90. The topological polar surface area (TPSA) is 78.6 Å². The fourth-order valence-corrected chi connectivity index (χ4v) is 7.31. The fourth-order valence-electron chi connectivity index (χ4n) is 4.23. The van der Waals surface area contributed by atoms with Gasteiger partial charge in [0.05, 0.1) is 21.3 Å². The maximum atomic E-state index is 12.3. The minimum Gasteiger partial charge on any atom is -0.464 e. The van der Waals surface area contributed by atoms with Gasteiger partial charge in [-0.3, -0.25) is 0 Å². The fraction of sp³-hybridized carbons (Fsp3) is 0.500. The van der Waals surface area contributed by atoms with E-state index in [4.69, 9.17) is 15.2 Å². The van der Waals surface area contributed by atoms with E-state index in [1.54, 1.807) is 19.0 Å². The number of rotatable bonds is 14. The van der Waals surface area contributed by atoms with Crippen LogP contribution in [0, 0.1) is 0 Å². The Hall–Kier alpha value is -2.44. The molecule has 0 aliphatic heterocycles. The van der Waals surface area contributed by atoms with E-state index in [1.807, 2.05) is 0 Å². The molecule has 0 amide bonds. The first kappa shape index (κ1) is 27.8. The van der Waals surface area contributed by atoms with Gasteiger partial charge in [0, 0.05) is 0 Å². The molecule has 5 nitrogen and oxygen atoms in total. The number of carbonyl (C=O) groups excluding carboxylic acids is 2. The minimum absolute atomic E-state index is 0.143. The average Bonchev–Trinajstić information content (AvgIpc) is 2.86. The van der Waals surface area contributed by atoms with Gasteiger partial charge in [0.15, 0.2) is 0 Å². The zero-order chi connectivity index (χ0) is 25.0. The van der Waals surface area contributed by atoms with E-state index in [0.29, 0.717) is 6.42 Å². The quantitative estimate of drug-likeness (QED) is 0.181. The molecule has 2 rings (SSSR count). The Morgan fingerprint density at radius 1 is 0.824 bits per heavy atom. The van der Waals surface area contributed by atoms with Crippen LogP contribution in [-0.2, 0) is 31.9 Å². The summed E-state index contributed by atoms with van der Waals surface area (Å²) < 4.78 is 10.1. The van der Waals surface area contributed by atoms with E-state index in [1.165, 1.54) is 30.5 Å². The van der Waals surface area contributed by atoms with Gasteiger partial charge in [0.1, 0.15) is 0 Å². The van der Waals surface area contributed by atoms with Gasteiger partial charge in [0.25, 0.3) is 0 Å². The van der Waals surface area contributed by atoms with Crippen LogP contribution in [0.1, 0.15) is 51.2 Å². The number of ether oxygens (including phenoxy) is 2. The molecule has 0 spiro atoms. The molecule has 0 saturated heterocycles. The molecule has 6 heteroatoms. The molecular weight excluding hydrogens is 442 g/mol. The zero-order valence-electron chi connectivity index (χ0n) is 21.3. The second kappa shape index (κ2) is 13.4. The van der Waals surface area contributed by atoms with E-state index in [0.717, 1.165) is 12.0 Å². The van der Waals surface area contributed by atoms with Gasteiger partial charge in [-0.25, -0.2) is 9.59 Å². The molecular formula is C28H41NO4Si. The first-order valence-corrected chi connectivity index (χ1v) is 15.5. The molecule has 0 fully saturated rings. The van der Waals surface area contributed by atoms with Crippen molar-refractivity contribution >= 4 is 25.2 Å². The lowest BCUT2D eigenvalue weighted by Gasteiger charge is -2.26. The van der Waals surface area contributed by atoms with E-state index in [9.17, 15) is 9.59 Å². The second-order valence-corrected chi connectivity index (χ2v) is 14.1. The summed E-state index contributed by atoms with van der Waals surface area (Å²) in [4.78, 5) is 24.7. The van der Waals surface area contributed by atoms with Crippen LogP contribution in [0.15, 0.2) is 54.6 Å². The van der Waals surface area contributed by atoms with Gasteiger partial charge < -0.3 is 15.2 Å². The van der Waals surface area contributed by atoms with Gasteiger partial charge in [-0.15, -0.1) is 0 Å². The van der Waals surface area contributed by atoms with Crippen molar-refractivity contribution in [3.8, 4) is 0 Å². The number of hydrogen-bond donors (Lipinski definition) is 1. The third kappa shape index (κ3) is 7.54.